The summed E-state index contributed by atoms with van der Waals surface area (Å²) in [6.07, 6.45) is -3.92. The van der Waals surface area contributed by atoms with Crippen molar-refractivity contribution in [1.29, 1.82) is 5.26 Å². The van der Waals surface area contributed by atoms with Crippen molar-refractivity contribution in [1.82, 2.24) is 4.90 Å². The molecule has 1 N–H and O–H groups in total. The molecule has 0 bridgehead atoms. The van der Waals surface area contributed by atoms with Crippen LogP contribution in [0.25, 0.3) is 0 Å². The van der Waals surface area contributed by atoms with Crippen molar-refractivity contribution < 1.29 is 27.5 Å². The van der Waals surface area contributed by atoms with Crippen LogP contribution in [0.3, 0.4) is 0 Å². The molecule has 4 rings (SSSR count). The van der Waals surface area contributed by atoms with Crippen LogP contribution in [0, 0.1) is 28.5 Å². The van der Waals surface area contributed by atoms with Crippen LogP contribution >= 0.6 is 0 Å². The van der Waals surface area contributed by atoms with E-state index < -0.39 is 22.7 Å². The molecule has 0 radical (unpaired) electrons. The third-order valence-corrected chi connectivity index (χ3v) is 6.80. The molecule has 2 aromatic rings. The van der Waals surface area contributed by atoms with Crippen molar-refractivity contribution in [2.45, 2.75) is 19.0 Å². The van der Waals surface area contributed by atoms with Crippen LogP contribution in [0.2, 0.25) is 0 Å². The first-order valence-electron chi connectivity index (χ1n) is 10.6. The number of anilines is 1. The summed E-state index contributed by atoms with van der Waals surface area (Å²) < 4.78 is 53.3. The minimum Gasteiger partial charge on any atom is -0.396 e. The Morgan fingerprint density at radius 2 is 1.91 bits per heavy atom. The summed E-state index contributed by atoms with van der Waals surface area (Å²) in [4.78, 5) is 16.3. The van der Waals surface area contributed by atoms with Gasteiger partial charge < -0.3 is 14.9 Å². The zero-order valence-corrected chi connectivity index (χ0v) is 17.8. The van der Waals surface area contributed by atoms with Gasteiger partial charge in [0.2, 0.25) is 5.91 Å². The average Bonchev–Trinajstić information content (AvgIpc) is 3.19. The lowest BCUT2D eigenvalue weighted by atomic mass is 9.74. The SMILES string of the molecule is N#Cc1ccc(N2CC[C@@H]3CN(C(=O)Cc4ccc(F)cc4)C[C@]3(CO)C2)cc1C(F)(F)F. The number of hydrogen-bond acceptors (Lipinski definition) is 4. The molecule has 0 spiro atoms. The molecule has 1 amide bonds. The topological polar surface area (TPSA) is 67.6 Å². The summed E-state index contributed by atoms with van der Waals surface area (Å²) in [5.41, 5.74) is -1.04. The number of benzene rings is 2. The minimum atomic E-state index is -4.65. The van der Waals surface area contributed by atoms with Gasteiger partial charge in [0.1, 0.15) is 5.82 Å². The van der Waals surface area contributed by atoms with E-state index in [4.69, 9.17) is 5.26 Å². The van der Waals surface area contributed by atoms with Gasteiger partial charge >= 0.3 is 6.18 Å². The molecule has 0 saturated carbocycles. The Morgan fingerprint density at radius 1 is 1.18 bits per heavy atom. The lowest BCUT2D eigenvalue weighted by Gasteiger charge is -2.44. The zero-order valence-electron chi connectivity index (χ0n) is 17.8. The van der Waals surface area contributed by atoms with Gasteiger partial charge in [0, 0.05) is 37.3 Å². The second kappa shape index (κ2) is 8.67. The maximum absolute atomic E-state index is 13.4. The number of likely N-dealkylation sites (tertiary alicyclic amines) is 1. The number of halogens is 4. The molecule has 5 nitrogen and oxygen atoms in total. The highest BCUT2D eigenvalue weighted by Gasteiger charge is 2.50. The minimum absolute atomic E-state index is 0.0244. The number of alkyl halides is 3. The molecule has 9 heteroatoms. The molecule has 2 aliphatic rings. The number of rotatable bonds is 4. The van der Waals surface area contributed by atoms with E-state index in [0.29, 0.717) is 43.9 Å². The highest BCUT2D eigenvalue weighted by Crippen LogP contribution is 2.44. The highest BCUT2D eigenvalue weighted by molar-refractivity contribution is 5.79. The number of nitrogens with zero attached hydrogens (tertiary/aromatic N) is 3. The van der Waals surface area contributed by atoms with Crippen LogP contribution in [0.4, 0.5) is 23.2 Å². The summed E-state index contributed by atoms with van der Waals surface area (Å²) in [6.45, 7) is 1.35. The first kappa shape index (κ1) is 23.1. The summed E-state index contributed by atoms with van der Waals surface area (Å²) in [5, 5.41) is 19.3. The molecule has 0 aromatic heterocycles. The number of hydrogen-bond donors (Lipinski definition) is 1. The van der Waals surface area contributed by atoms with Crippen molar-refractivity contribution in [3.8, 4) is 6.07 Å². The Kier molecular flexibility index (Phi) is 6.06. The van der Waals surface area contributed by atoms with Gasteiger partial charge in [-0.15, -0.1) is 0 Å². The Morgan fingerprint density at radius 3 is 2.55 bits per heavy atom. The molecule has 2 aromatic carbocycles. The van der Waals surface area contributed by atoms with Gasteiger partial charge in [-0.05, 0) is 48.2 Å². The molecular weight excluding hydrogens is 438 g/mol. The van der Waals surface area contributed by atoms with E-state index in [1.165, 1.54) is 24.3 Å². The zero-order chi connectivity index (χ0) is 23.8. The largest absolute Gasteiger partial charge is 0.417 e. The van der Waals surface area contributed by atoms with Gasteiger partial charge in [0.15, 0.2) is 0 Å². The number of fused-ring (bicyclic) bond motifs is 1. The van der Waals surface area contributed by atoms with Gasteiger partial charge in [-0.2, -0.15) is 18.4 Å². The normalized spacial score (nSPS) is 22.7. The molecule has 0 aliphatic carbocycles. The van der Waals surface area contributed by atoms with Gasteiger partial charge in [0.25, 0.3) is 0 Å². The summed E-state index contributed by atoms with van der Waals surface area (Å²) in [5.74, 6) is -0.487. The van der Waals surface area contributed by atoms with Crippen LogP contribution in [-0.2, 0) is 17.4 Å². The second-order valence-corrected chi connectivity index (χ2v) is 8.84. The monoisotopic (exact) mass is 461 g/mol. The van der Waals surface area contributed by atoms with Crippen molar-refractivity contribution in [3.05, 3.63) is 65.0 Å². The first-order chi connectivity index (χ1) is 15.6. The van der Waals surface area contributed by atoms with E-state index in [2.05, 4.69) is 0 Å². The molecule has 174 valence electrons. The third kappa shape index (κ3) is 4.53. The van der Waals surface area contributed by atoms with Gasteiger partial charge in [0.05, 0.1) is 30.2 Å². The molecule has 0 unspecified atom stereocenters. The fourth-order valence-electron chi connectivity index (χ4n) is 4.97. The van der Waals surface area contributed by atoms with Crippen LogP contribution in [0.15, 0.2) is 42.5 Å². The highest BCUT2D eigenvalue weighted by atomic mass is 19.4. The number of amides is 1. The van der Waals surface area contributed by atoms with Crippen molar-refractivity contribution in [2.75, 3.05) is 37.7 Å². The van der Waals surface area contributed by atoms with Crippen molar-refractivity contribution in [3.63, 3.8) is 0 Å². The second-order valence-electron chi connectivity index (χ2n) is 8.84. The quantitative estimate of drug-likeness (QED) is 0.707. The maximum Gasteiger partial charge on any atom is 0.417 e. The summed E-state index contributed by atoms with van der Waals surface area (Å²) >= 11 is 0. The molecule has 2 fully saturated rings. The lowest BCUT2D eigenvalue weighted by molar-refractivity contribution is -0.137. The van der Waals surface area contributed by atoms with E-state index in [1.807, 2.05) is 0 Å². The van der Waals surface area contributed by atoms with E-state index in [9.17, 15) is 27.5 Å². The Hall–Kier alpha value is -3.12. The number of carbonyl (C=O) groups is 1. The standard InChI is InChI=1S/C24H23F4N3O2/c25-19-4-1-16(2-5-19)9-22(33)31-12-18-7-8-30(13-23(18,14-31)15-32)20-6-3-17(11-29)21(10-20)24(26,27)28/h1-6,10,18,32H,7-9,12-15H2/t18-,23+/m1/s1. The Labute approximate surface area is 188 Å². The number of nitriles is 1. The number of aliphatic hydroxyl groups excluding tert-OH is 1. The average molecular weight is 461 g/mol. The fourth-order valence-corrected chi connectivity index (χ4v) is 4.97. The lowest BCUT2D eigenvalue weighted by Crippen LogP contribution is -2.51. The van der Waals surface area contributed by atoms with Gasteiger partial charge in [-0.3, -0.25) is 4.79 Å². The first-order valence-corrected chi connectivity index (χ1v) is 10.6. The van der Waals surface area contributed by atoms with E-state index in [1.54, 1.807) is 28.0 Å². The summed E-state index contributed by atoms with van der Waals surface area (Å²) in [7, 11) is 0. The molecule has 33 heavy (non-hydrogen) atoms. The van der Waals surface area contributed by atoms with E-state index >= 15 is 0 Å². The Balaban J connectivity index is 1.52. The van der Waals surface area contributed by atoms with Crippen LogP contribution in [0.5, 0.6) is 0 Å². The molecule has 2 atom stereocenters. The summed E-state index contributed by atoms with van der Waals surface area (Å²) in [6, 6.07) is 10.9. The number of piperidine rings is 1. The van der Waals surface area contributed by atoms with Crippen LogP contribution in [0.1, 0.15) is 23.1 Å². The fraction of sp³-hybridized carbons (Fsp3) is 0.417. The van der Waals surface area contributed by atoms with Crippen LogP contribution < -0.4 is 4.90 Å². The smallest absolute Gasteiger partial charge is 0.396 e. The predicted octanol–water partition coefficient (Wildman–Crippen LogP) is 3.61. The Bertz CT molecular complexity index is 1080. The van der Waals surface area contributed by atoms with Crippen LogP contribution in [-0.4, -0.2) is 48.7 Å². The molecule has 2 saturated heterocycles. The van der Waals surface area contributed by atoms with Gasteiger partial charge in [-0.25, -0.2) is 4.39 Å². The molecule has 2 heterocycles. The van der Waals surface area contributed by atoms with Crippen molar-refractivity contribution >= 4 is 11.6 Å². The molecule has 2 aliphatic heterocycles. The molecular formula is C24H23F4N3O2. The van der Waals surface area contributed by atoms with Crippen molar-refractivity contribution in [2.24, 2.45) is 11.3 Å². The predicted molar refractivity (Wildman–Crippen MR) is 113 cm³/mol. The number of carbonyl (C=O) groups excluding carboxylic acids is 1. The van der Waals surface area contributed by atoms with Gasteiger partial charge in [-0.1, -0.05) is 12.1 Å². The number of aliphatic hydroxyl groups is 1. The van der Waals surface area contributed by atoms with E-state index in [0.717, 1.165) is 6.07 Å². The third-order valence-electron chi connectivity index (χ3n) is 6.80. The van der Waals surface area contributed by atoms with E-state index in [-0.39, 0.29) is 30.7 Å². The maximum atomic E-state index is 13.4.